The van der Waals surface area contributed by atoms with Crippen LogP contribution in [0.25, 0.3) is 10.9 Å². The summed E-state index contributed by atoms with van der Waals surface area (Å²) in [5.41, 5.74) is 0.212. The van der Waals surface area contributed by atoms with Gasteiger partial charge in [-0.05, 0) is 22.0 Å². The van der Waals surface area contributed by atoms with Crippen molar-refractivity contribution in [3.8, 4) is 0 Å². The summed E-state index contributed by atoms with van der Waals surface area (Å²) in [6, 6.07) is 1.59. The van der Waals surface area contributed by atoms with Gasteiger partial charge >= 0.3 is 0 Å². The minimum atomic E-state index is -0.273. The Hall–Kier alpha value is -0.220. The van der Waals surface area contributed by atoms with Crippen LogP contribution in [0.1, 0.15) is 0 Å². The SMILES string of the molecule is O=c1c(Cl)c[nH]c2c(Cl)c(Cl)c(Br)cc12. The largest absolute Gasteiger partial charge is 0.358 e. The number of H-pyrrole nitrogens is 1. The van der Waals surface area contributed by atoms with Gasteiger partial charge in [0.05, 0.1) is 15.6 Å². The molecule has 2 aromatic rings. The molecule has 0 atom stereocenters. The number of benzene rings is 1. The van der Waals surface area contributed by atoms with Gasteiger partial charge < -0.3 is 4.98 Å². The van der Waals surface area contributed by atoms with E-state index in [-0.39, 0.29) is 10.5 Å². The summed E-state index contributed by atoms with van der Waals surface area (Å²) in [5, 5.41) is 1.19. The molecule has 0 fully saturated rings. The third-order valence-electron chi connectivity index (χ3n) is 1.97. The normalized spacial score (nSPS) is 10.9. The average Bonchev–Trinajstić information content (AvgIpc) is 2.21. The lowest BCUT2D eigenvalue weighted by atomic mass is 10.2. The van der Waals surface area contributed by atoms with Gasteiger partial charge in [0.1, 0.15) is 5.02 Å². The first-order chi connectivity index (χ1) is 7.02. The topological polar surface area (TPSA) is 32.9 Å². The molecule has 0 aliphatic heterocycles. The zero-order valence-electron chi connectivity index (χ0n) is 7.07. The van der Waals surface area contributed by atoms with Gasteiger partial charge in [-0.15, -0.1) is 0 Å². The summed E-state index contributed by atoms with van der Waals surface area (Å²) < 4.78 is 0.564. The van der Waals surface area contributed by atoms with Crippen molar-refractivity contribution >= 4 is 61.6 Å². The van der Waals surface area contributed by atoms with Crippen LogP contribution in [0.5, 0.6) is 0 Å². The van der Waals surface area contributed by atoms with Crippen molar-refractivity contribution in [1.29, 1.82) is 0 Å². The first kappa shape index (κ1) is 11.3. The van der Waals surface area contributed by atoms with E-state index in [9.17, 15) is 4.79 Å². The predicted molar refractivity (Wildman–Crippen MR) is 67.3 cm³/mol. The highest BCUT2D eigenvalue weighted by Gasteiger charge is 2.12. The van der Waals surface area contributed by atoms with E-state index in [0.29, 0.717) is 25.4 Å². The van der Waals surface area contributed by atoms with Gasteiger partial charge in [0.25, 0.3) is 0 Å². The Morgan fingerprint density at radius 1 is 1.20 bits per heavy atom. The molecule has 0 unspecified atom stereocenters. The Bertz CT molecular complexity index is 608. The van der Waals surface area contributed by atoms with E-state index < -0.39 is 0 Å². The summed E-state index contributed by atoms with van der Waals surface area (Å²) >= 11 is 20.8. The molecule has 1 heterocycles. The molecule has 0 radical (unpaired) electrons. The molecule has 0 saturated heterocycles. The molecule has 0 spiro atoms. The van der Waals surface area contributed by atoms with Gasteiger partial charge in [-0.25, -0.2) is 0 Å². The minimum absolute atomic E-state index is 0.118. The van der Waals surface area contributed by atoms with Crippen molar-refractivity contribution in [3.63, 3.8) is 0 Å². The minimum Gasteiger partial charge on any atom is -0.358 e. The summed E-state index contributed by atoms with van der Waals surface area (Å²) in [4.78, 5) is 14.5. The second kappa shape index (κ2) is 3.98. The van der Waals surface area contributed by atoms with Crippen LogP contribution in [0.15, 0.2) is 21.5 Å². The number of hydrogen-bond donors (Lipinski definition) is 1. The lowest BCUT2D eigenvalue weighted by molar-refractivity contribution is 1.39. The van der Waals surface area contributed by atoms with Crippen LogP contribution < -0.4 is 5.43 Å². The summed E-state index contributed by atoms with van der Waals surface area (Å²) in [6.45, 7) is 0. The first-order valence-electron chi connectivity index (χ1n) is 3.86. The van der Waals surface area contributed by atoms with Gasteiger partial charge in [0.15, 0.2) is 0 Å². The van der Waals surface area contributed by atoms with E-state index in [4.69, 9.17) is 34.8 Å². The van der Waals surface area contributed by atoms with Gasteiger partial charge in [-0.3, -0.25) is 4.79 Å². The van der Waals surface area contributed by atoms with Gasteiger partial charge in [0.2, 0.25) is 5.43 Å². The Balaban J connectivity index is 3.05. The number of rotatable bonds is 0. The van der Waals surface area contributed by atoms with Gasteiger partial charge in [-0.1, -0.05) is 34.8 Å². The zero-order chi connectivity index (χ0) is 11.2. The van der Waals surface area contributed by atoms with E-state index in [2.05, 4.69) is 20.9 Å². The fourth-order valence-corrected chi connectivity index (χ4v) is 2.35. The standard InChI is InChI=1S/C9H3BrCl3NO/c10-4-1-3-8(7(13)6(4)12)14-2-5(11)9(3)15/h1-2H,(H,14,15). The third-order valence-corrected chi connectivity index (χ3v) is 3.97. The van der Waals surface area contributed by atoms with Gasteiger partial charge in [0, 0.05) is 16.1 Å². The lowest BCUT2D eigenvalue weighted by Gasteiger charge is -2.04. The smallest absolute Gasteiger partial charge is 0.208 e. The number of hydrogen-bond acceptors (Lipinski definition) is 1. The first-order valence-corrected chi connectivity index (χ1v) is 5.79. The van der Waals surface area contributed by atoms with Crippen molar-refractivity contribution in [3.05, 3.63) is 42.0 Å². The summed E-state index contributed by atoms with van der Waals surface area (Å²) in [5.74, 6) is 0. The quantitative estimate of drug-likeness (QED) is 0.721. The van der Waals surface area contributed by atoms with Crippen LogP contribution >= 0.6 is 50.7 Å². The van der Waals surface area contributed by atoms with Crippen molar-refractivity contribution in [1.82, 2.24) is 4.98 Å². The number of aromatic amines is 1. The maximum absolute atomic E-state index is 11.7. The van der Waals surface area contributed by atoms with Crippen LogP contribution in [0.4, 0.5) is 0 Å². The molecule has 1 N–H and O–H groups in total. The van der Waals surface area contributed by atoms with Crippen LogP contribution in [0.3, 0.4) is 0 Å². The van der Waals surface area contributed by atoms with Crippen molar-refractivity contribution in [2.45, 2.75) is 0 Å². The number of halogens is 4. The van der Waals surface area contributed by atoms with E-state index in [0.717, 1.165) is 0 Å². The van der Waals surface area contributed by atoms with E-state index >= 15 is 0 Å². The van der Waals surface area contributed by atoms with Gasteiger partial charge in [-0.2, -0.15) is 0 Å². The van der Waals surface area contributed by atoms with Crippen molar-refractivity contribution in [2.75, 3.05) is 0 Å². The molecule has 2 rings (SSSR count). The van der Waals surface area contributed by atoms with Crippen LogP contribution in [-0.2, 0) is 0 Å². The van der Waals surface area contributed by atoms with Crippen LogP contribution in [0.2, 0.25) is 15.1 Å². The number of fused-ring (bicyclic) bond motifs is 1. The molecule has 0 amide bonds. The highest BCUT2D eigenvalue weighted by atomic mass is 79.9. The molecule has 2 nitrogen and oxygen atoms in total. The van der Waals surface area contributed by atoms with E-state index in [1.165, 1.54) is 6.20 Å². The molecule has 0 saturated carbocycles. The summed E-state index contributed by atoms with van der Waals surface area (Å²) in [7, 11) is 0. The molecule has 0 aliphatic carbocycles. The Kier molecular flexibility index (Phi) is 2.99. The molecule has 0 bridgehead atoms. The monoisotopic (exact) mass is 325 g/mol. The van der Waals surface area contributed by atoms with Crippen LogP contribution in [-0.4, -0.2) is 4.98 Å². The molecule has 0 aliphatic rings. The lowest BCUT2D eigenvalue weighted by Crippen LogP contribution is -2.03. The Morgan fingerprint density at radius 2 is 1.87 bits per heavy atom. The van der Waals surface area contributed by atoms with Crippen molar-refractivity contribution < 1.29 is 0 Å². The maximum Gasteiger partial charge on any atom is 0.208 e. The Labute approximate surface area is 108 Å². The number of nitrogens with one attached hydrogen (secondary N) is 1. The number of aromatic nitrogens is 1. The number of pyridine rings is 1. The summed E-state index contributed by atoms with van der Waals surface area (Å²) in [6.07, 6.45) is 1.39. The molecular weight excluding hydrogens is 324 g/mol. The van der Waals surface area contributed by atoms with E-state index in [1.54, 1.807) is 6.07 Å². The second-order valence-electron chi connectivity index (χ2n) is 2.87. The third kappa shape index (κ3) is 1.78. The molecular formula is C9H3BrCl3NO. The predicted octanol–water partition coefficient (Wildman–Crippen LogP) is 4.25. The fraction of sp³-hybridized carbons (Fsp3) is 0. The maximum atomic E-state index is 11.7. The second-order valence-corrected chi connectivity index (χ2v) is 4.89. The molecule has 78 valence electrons. The fourth-order valence-electron chi connectivity index (χ4n) is 1.24. The molecule has 6 heteroatoms. The van der Waals surface area contributed by atoms with Crippen LogP contribution in [0, 0.1) is 0 Å². The molecule has 1 aromatic heterocycles. The zero-order valence-corrected chi connectivity index (χ0v) is 10.9. The molecule has 15 heavy (non-hydrogen) atoms. The average molecular weight is 327 g/mol. The molecule has 1 aromatic carbocycles. The Morgan fingerprint density at radius 3 is 2.53 bits per heavy atom. The highest BCUT2D eigenvalue weighted by molar-refractivity contribution is 9.10. The van der Waals surface area contributed by atoms with Crippen molar-refractivity contribution in [2.24, 2.45) is 0 Å². The van der Waals surface area contributed by atoms with E-state index in [1.807, 2.05) is 0 Å². The highest BCUT2D eigenvalue weighted by Crippen LogP contribution is 2.35.